The minimum absolute atomic E-state index is 0.123. The summed E-state index contributed by atoms with van der Waals surface area (Å²) in [5.74, 6) is -0.113. The maximum atomic E-state index is 13.3. The molecule has 2 aromatic carbocycles. The third-order valence-electron chi connectivity index (χ3n) is 5.46. The van der Waals surface area contributed by atoms with E-state index >= 15 is 0 Å². The van der Waals surface area contributed by atoms with Crippen molar-refractivity contribution in [2.24, 2.45) is 5.92 Å². The Balaban J connectivity index is 1.51. The lowest BCUT2D eigenvalue weighted by Gasteiger charge is -2.30. The van der Waals surface area contributed by atoms with E-state index in [4.69, 9.17) is 0 Å². The van der Waals surface area contributed by atoms with Gasteiger partial charge in [0, 0.05) is 18.2 Å². The third-order valence-corrected chi connectivity index (χ3v) is 7.22. The largest absolute Gasteiger partial charge is 0.323 e. The van der Waals surface area contributed by atoms with Crippen LogP contribution in [0.2, 0.25) is 0 Å². The Morgan fingerprint density at radius 2 is 1.86 bits per heavy atom. The molecule has 0 atom stereocenters. The standard InChI is InChI=1S/C20H19N3O4S/c24-19-12-23(18-4-2-1-3-16(18)21-19)28(26,27)15-7-8-17-14(11-15)9-10-22(17)20(25)13-5-6-13/h1-4,7-8,11,13H,5-6,9-10,12H2,(H,21,24). The molecule has 1 fully saturated rings. The number of para-hydroxylation sites is 2. The van der Waals surface area contributed by atoms with E-state index in [-0.39, 0.29) is 29.2 Å². The molecule has 0 bridgehead atoms. The smallest absolute Gasteiger partial charge is 0.264 e. The average molecular weight is 397 g/mol. The van der Waals surface area contributed by atoms with Crippen LogP contribution in [-0.4, -0.2) is 33.3 Å². The highest BCUT2D eigenvalue weighted by molar-refractivity contribution is 7.92. The average Bonchev–Trinajstić information content (AvgIpc) is 3.45. The summed E-state index contributed by atoms with van der Waals surface area (Å²) in [6.45, 7) is 0.325. The first-order valence-electron chi connectivity index (χ1n) is 9.31. The Kier molecular flexibility index (Phi) is 3.74. The topological polar surface area (TPSA) is 86.8 Å². The number of hydrogen-bond donors (Lipinski definition) is 1. The lowest BCUT2D eigenvalue weighted by molar-refractivity contribution is -0.119. The van der Waals surface area contributed by atoms with Crippen LogP contribution in [0.1, 0.15) is 18.4 Å². The molecule has 8 heteroatoms. The van der Waals surface area contributed by atoms with E-state index in [1.54, 1.807) is 41.3 Å². The molecule has 0 radical (unpaired) electrons. The first kappa shape index (κ1) is 17.2. The van der Waals surface area contributed by atoms with Gasteiger partial charge in [-0.2, -0.15) is 0 Å². The van der Waals surface area contributed by atoms with E-state index in [0.717, 1.165) is 28.4 Å². The van der Waals surface area contributed by atoms with E-state index in [0.29, 0.717) is 24.3 Å². The quantitative estimate of drug-likeness (QED) is 0.860. The lowest BCUT2D eigenvalue weighted by Crippen LogP contribution is -2.42. The Bertz CT molecular complexity index is 1110. The molecule has 0 spiro atoms. The highest BCUT2D eigenvalue weighted by Crippen LogP contribution is 2.38. The van der Waals surface area contributed by atoms with Crippen molar-refractivity contribution in [1.82, 2.24) is 0 Å². The van der Waals surface area contributed by atoms with Crippen molar-refractivity contribution in [3.63, 3.8) is 0 Å². The summed E-state index contributed by atoms with van der Waals surface area (Å²) >= 11 is 0. The monoisotopic (exact) mass is 397 g/mol. The molecule has 0 saturated heterocycles. The summed E-state index contributed by atoms with van der Waals surface area (Å²) in [5, 5.41) is 2.70. The number of benzene rings is 2. The molecular formula is C20H19N3O4S. The van der Waals surface area contributed by atoms with Gasteiger partial charge in [0.2, 0.25) is 11.8 Å². The van der Waals surface area contributed by atoms with Crippen LogP contribution < -0.4 is 14.5 Å². The molecule has 5 rings (SSSR count). The molecule has 144 valence electrons. The fourth-order valence-corrected chi connectivity index (χ4v) is 5.35. The predicted molar refractivity (Wildman–Crippen MR) is 105 cm³/mol. The van der Waals surface area contributed by atoms with Gasteiger partial charge in [-0.15, -0.1) is 0 Å². The van der Waals surface area contributed by atoms with E-state index in [2.05, 4.69) is 5.32 Å². The molecule has 0 aromatic heterocycles. The molecule has 28 heavy (non-hydrogen) atoms. The number of fused-ring (bicyclic) bond motifs is 2. The Hall–Kier alpha value is -2.87. The molecule has 2 aromatic rings. The molecule has 2 heterocycles. The number of carbonyl (C=O) groups is 2. The van der Waals surface area contributed by atoms with Crippen LogP contribution in [-0.2, 0) is 26.0 Å². The van der Waals surface area contributed by atoms with Crippen LogP contribution in [0.4, 0.5) is 17.1 Å². The van der Waals surface area contributed by atoms with Gasteiger partial charge in [-0.25, -0.2) is 8.42 Å². The van der Waals surface area contributed by atoms with Crippen molar-refractivity contribution in [2.45, 2.75) is 24.2 Å². The second-order valence-corrected chi connectivity index (χ2v) is 9.24. The summed E-state index contributed by atoms with van der Waals surface area (Å²) in [6.07, 6.45) is 2.51. The number of carbonyl (C=O) groups excluding carboxylic acids is 2. The summed E-state index contributed by atoms with van der Waals surface area (Å²) in [5.41, 5.74) is 2.58. The van der Waals surface area contributed by atoms with Gasteiger partial charge in [-0.05, 0) is 55.2 Å². The molecule has 2 amide bonds. The number of nitrogens with zero attached hydrogens (tertiary/aromatic N) is 2. The molecule has 1 N–H and O–H groups in total. The summed E-state index contributed by atoms with van der Waals surface area (Å²) in [4.78, 5) is 26.4. The van der Waals surface area contributed by atoms with Crippen molar-refractivity contribution < 1.29 is 18.0 Å². The Labute approximate surface area is 163 Å². The van der Waals surface area contributed by atoms with Crippen LogP contribution in [0.3, 0.4) is 0 Å². The van der Waals surface area contributed by atoms with Gasteiger partial charge < -0.3 is 10.2 Å². The van der Waals surface area contributed by atoms with Gasteiger partial charge in [0.1, 0.15) is 6.54 Å². The van der Waals surface area contributed by atoms with Crippen LogP contribution in [0.15, 0.2) is 47.4 Å². The van der Waals surface area contributed by atoms with Crippen molar-refractivity contribution in [1.29, 1.82) is 0 Å². The fourth-order valence-electron chi connectivity index (χ4n) is 3.86. The Morgan fingerprint density at radius 3 is 2.64 bits per heavy atom. The molecule has 1 aliphatic carbocycles. The van der Waals surface area contributed by atoms with Gasteiger partial charge in [-0.3, -0.25) is 13.9 Å². The summed E-state index contributed by atoms with van der Waals surface area (Å²) in [6, 6.07) is 11.7. The van der Waals surface area contributed by atoms with E-state index in [9.17, 15) is 18.0 Å². The first-order valence-corrected chi connectivity index (χ1v) is 10.7. The molecule has 3 aliphatic rings. The van der Waals surface area contributed by atoms with Crippen LogP contribution in [0.5, 0.6) is 0 Å². The minimum atomic E-state index is -3.90. The van der Waals surface area contributed by atoms with Crippen molar-refractivity contribution in [3.8, 4) is 0 Å². The number of hydrogen-bond acceptors (Lipinski definition) is 4. The van der Waals surface area contributed by atoms with Gasteiger partial charge >= 0.3 is 0 Å². The number of nitrogens with one attached hydrogen (secondary N) is 1. The maximum Gasteiger partial charge on any atom is 0.264 e. The molecule has 1 saturated carbocycles. The zero-order chi connectivity index (χ0) is 19.5. The second-order valence-electron chi connectivity index (χ2n) is 7.38. The van der Waals surface area contributed by atoms with E-state index < -0.39 is 10.0 Å². The summed E-state index contributed by atoms with van der Waals surface area (Å²) in [7, 11) is -3.90. The van der Waals surface area contributed by atoms with Crippen LogP contribution in [0.25, 0.3) is 0 Å². The lowest BCUT2D eigenvalue weighted by atomic mass is 10.2. The number of amides is 2. The molecule has 2 aliphatic heterocycles. The van der Waals surface area contributed by atoms with Crippen LogP contribution >= 0.6 is 0 Å². The Morgan fingerprint density at radius 1 is 1.07 bits per heavy atom. The number of anilines is 3. The van der Waals surface area contributed by atoms with Crippen molar-refractivity contribution in [2.75, 3.05) is 27.6 Å². The molecule has 7 nitrogen and oxygen atoms in total. The van der Waals surface area contributed by atoms with Crippen LogP contribution in [0, 0.1) is 5.92 Å². The summed E-state index contributed by atoms with van der Waals surface area (Å²) < 4.78 is 27.7. The van der Waals surface area contributed by atoms with Gasteiger partial charge in [0.05, 0.1) is 16.3 Å². The van der Waals surface area contributed by atoms with Gasteiger partial charge in [-0.1, -0.05) is 12.1 Å². The highest BCUT2D eigenvalue weighted by atomic mass is 32.2. The third kappa shape index (κ3) is 2.67. The van der Waals surface area contributed by atoms with Crippen molar-refractivity contribution >= 4 is 38.9 Å². The van der Waals surface area contributed by atoms with Gasteiger partial charge in [0.25, 0.3) is 10.0 Å². The maximum absolute atomic E-state index is 13.3. The van der Waals surface area contributed by atoms with Crippen molar-refractivity contribution in [3.05, 3.63) is 48.0 Å². The second kappa shape index (κ2) is 6.07. The minimum Gasteiger partial charge on any atom is -0.323 e. The normalized spacial score (nSPS) is 18.5. The molecular weight excluding hydrogens is 378 g/mol. The van der Waals surface area contributed by atoms with Gasteiger partial charge in [0.15, 0.2) is 0 Å². The predicted octanol–water partition coefficient (Wildman–Crippen LogP) is 2.13. The molecule has 0 unspecified atom stereocenters. The van der Waals surface area contributed by atoms with E-state index in [1.165, 1.54) is 6.07 Å². The zero-order valence-electron chi connectivity index (χ0n) is 15.1. The highest BCUT2D eigenvalue weighted by Gasteiger charge is 2.38. The SMILES string of the molecule is O=C1CN(S(=O)(=O)c2ccc3c(c2)CCN3C(=O)C2CC2)c2ccccc2N1. The fraction of sp³-hybridized carbons (Fsp3) is 0.300. The number of rotatable bonds is 3. The zero-order valence-corrected chi connectivity index (χ0v) is 15.9. The number of sulfonamides is 1. The first-order chi connectivity index (χ1) is 13.4. The van der Waals surface area contributed by atoms with E-state index in [1.807, 2.05) is 0 Å².